The highest BCUT2D eigenvalue weighted by Gasteiger charge is 2.35. The summed E-state index contributed by atoms with van der Waals surface area (Å²) in [6, 6.07) is 8.27. The Hall–Kier alpha value is -2.10. The number of benzene rings is 1. The normalized spacial score (nSPS) is 13.2. The second-order valence-electron chi connectivity index (χ2n) is 4.03. The Labute approximate surface area is 123 Å². The zero-order valence-corrected chi connectivity index (χ0v) is 12.1. The van der Waals surface area contributed by atoms with Crippen LogP contribution in [0.25, 0.3) is 0 Å². The van der Waals surface area contributed by atoms with Crippen LogP contribution < -0.4 is 19.3 Å². The van der Waals surface area contributed by atoms with Crippen molar-refractivity contribution in [3.8, 4) is 16.6 Å². The third-order valence-electron chi connectivity index (χ3n) is 2.61. The predicted molar refractivity (Wildman–Crippen MR) is 73.2 cm³/mol. The van der Waals surface area contributed by atoms with Crippen LogP contribution in [0.1, 0.15) is 9.67 Å². The highest BCUT2D eigenvalue weighted by Crippen LogP contribution is 2.47. The standard InChI is InChI=1S/C12H9NO6S2/c13-21(15,16)10-8-12(18-6-17-8)20-9(10)11(14)19-7-4-2-1-3-5-7/h1-5H,6H2,(H2,13,15,16). The third-order valence-corrected chi connectivity index (χ3v) is 4.76. The minimum atomic E-state index is -4.15. The summed E-state index contributed by atoms with van der Waals surface area (Å²) in [6.07, 6.45) is 0. The lowest BCUT2D eigenvalue weighted by molar-refractivity contribution is 0.0734. The summed E-state index contributed by atoms with van der Waals surface area (Å²) >= 11 is 0.822. The van der Waals surface area contributed by atoms with Gasteiger partial charge in [-0.05, 0) is 12.1 Å². The average Bonchev–Trinajstić information content (AvgIpc) is 2.97. The first-order valence-electron chi connectivity index (χ1n) is 5.69. The maximum absolute atomic E-state index is 12.1. The first kappa shape index (κ1) is 13.9. The van der Waals surface area contributed by atoms with Crippen LogP contribution in [0.5, 0.6) is 16.6 Å². The van der Waals surface area contributed by atoms with Gasteiger partial charge in [0.1, 0.15) is 10.6 Å². The lowest BCUT2D eigenvalue weighted by atomic mass is 10.3. The second kappa shape index (κ2) is 5.02. The molecule has 0 unspecified atom stereocenters. The Morgan fingerprint density at radius 1 is 1.24 bits per heavy atom. The summed E-state index contributed by atoms with van der Waals surface area (Å²) in [5.74, 6) is -0.586. The minimum absolute atomic E-state index is 0.0393. The van der Waals surface area contributed by atoms with Gasteiger partial charge in [-0.25, -0.2) is 18.4 Å². The fraction of sp³-hybridized carbons (Fsp3) is 0.0833. The van der Waals surface area contributed by atoms with E-state index >= 15 is 0 Å². The number of esters is 1. The van der Waals surface area contributed by atoms with Crippen molar-refractivity contribution >= 4 is 27.3 Å². The molecule has 1 aliphatic heterocycles. The molecule has 3 rings (SSSR count). The molecule has 0 fully saturated rings. The number of thiophene rings is 1. The third kappa shape index (κ3) is 2.58. The van der Waals surface area contributed by atoms with E-state index in [0.717, 1.165) is 11.3 Å². The summed E-state index contributed by atoms with van der Waals surface area (Å²) in [5, 5.41) is 5.34. The molecule has 0 saturated heterocycles. The van der Waals surface area contributed by atoms with Crippen LogP contribution in [0.2, 0.25) is 0 Å². The van der Waals surface area contributed by atoms with Gasteiger partial charge in [-0.1, -0.05) is 29.5 Å². The van der Waals surface area contributed by atoms with E-state index < -0.39 is 20.9 Å². The van der Waals surface area contributed by atoms with E-state index in [1.54, 1.807) is 30.3 Å². The van der Waals surface area contributed by atoms with Crippen LogP contribution >= 0.6 is 11.3 Å². The van der Waals surface area contributed by atoms with Crippen molar-refractivity contribution in [3.05, 3.63) is 35.2 Å². The van der Waals surface area contributed by atoms with Gasteiger partial charge in [-0.2, -0.15) is 0 Å². The second-order valence-corrected chi connectivity index (χ2v) is 6.51. The highest BCUT2D eigenvalue weighted by molar-refractivity contribution is 7.89. The zero-order valence-electron chi connectivity index (χ0n) is 10.4. The molecule has 110 valence electrons. The number of carbonyl (C=O) groups excluding carboxylic acids is 1. The van der Waals surface area contributed by atoms with Crippen LogP contribution in [0.3, 0.4) is 0 Å². The molecule has 2 heterocycles. The number of nitrogens with two attached hydrogens (primary N) is 1. The van der Waals surface area contributed by atoms with Crippen LogP contribution in [0, 0.1) is 0 Å². The van der Waals surface area contributed by atoms with E-state index in [0.29, 0.717) is 5.75 Å². The molecule has 0 radical (unpaired) electrons. The lowest BCUT2D eigenvalue weighted by Crippen LogP contribution is -2.18. The number of primary sulfonamides is 1. The molecule has 1 aromatic heterocycles. The molecule has 1 aliphatic rings. The molecule has 21 heavy (non-hydrogen) atoms. The van der Waals surface area contributed by atoms with Crippen molar-refractivity contribution in [3.63, 3.8) is 0 Å². The Morgan fingerprint density at radius 3 is 2.62 bits per heavy atom. The molecule has 0 bridgehead atoms. The van der Waals surface area contributed by atoms with Crippen LogP contribution in [-0.2, 0) is 10.0 Å². The molecular weight excluding hydrogens is 318 g/mol. The Balaban J connectivity index is 2.01. The topological polar surface area (TPSA) is 105 Å². The molecule has 0 saturated carbocycles. The van der Waals surface area contributed by atoms with Crippen molar-refractivity contribution in [1.29, 1.82) is 0 Å². The van der Waals surface area contributed by atoms with Crippen molar-refractivity contribution in [2.45, 2.75) is 4.90 Å². The first-order valence-corrected chi connectivity index (χ1v) is 8.05. The molecule has 7 nitrogen and oxygen atoms in total. The Morgan fingerprint density at radius 2 is 1.95 bits per heavy atom. The molecule has 9 heteroatoms. The highest BCUT2D eigenvalue weighted by atomic mass is 32.2. The van der Waals surface area contributed by atoms with Gasteiger partial charge in [-0.15, -0.1) is 0 Å². The molecule has 0 spiro atoms. The van der Waals surface area contributed by atoms with Crippen molar-refractivity contribution < 1.29 is 27.4 Å². The maximum Gasteiger partial charge on any atom is 0.355 e. The SMILES string of the molecule is NS(=O)(=O)c1c(C(=O)Oc2ccccc2)sc2c1OCO2. The van der Waals surface area contributed by atoms with Gasteiger partial charge in [0.05, 0.1) is 0 Å². The molecular formula is C12H9NO6S2. The van der Waals surface area contributed by atoms with E-state index in [4.69, 9.17) is 19.3 Å². The van der Waals surface area contributed by atoms with Gasteiger partial charge in [0.2, 0.25) is 21.9 Å². The number of sulfonamides is 1. The van der Waals surface area contributed by atoms with Gasteiger partial charge in [0, 0.05) is 0 Å². The van der Waals surface area contributed by atoms with E-state index in [2.05, 4.69) is 0 Å². The quantitative estimate of drug-likeness (QED) is 0.674. The molecule has 0 aliphatic carbocycles. The van der Waals surface area contributed by atoms with Gasteiger partial charge >= 0.3 is 5.97 Å². The summed E-state index contributed by atoms with van der Waals surface area (Å²) in [7, 11) is -4.15. The summed E-state index contributed by atoms with van der Waals surface area (Å²) in [5.41, 5.74) is 0. The summed E-state index contributed by atoms with van der Waals surface area (Å²) in [6.45, 7) is -0.113. The fourth-order valence-corrected chi connectivity index (χ4v) is 3.92. The van der Waals surface area contributed by atoms with E-state index in [1.807, 2.05) is 0 Å². The van der Waals surface area contributed by atoms with E-state index in [-0.39, 0.29) is 22.5 Å². The predicted octanol–water partition coefficient (Wildman–Crippen LogP) is 1.34. The maximum atomic E-state index is 12.1. The summed E-state index contributed by atoms with van der Waals surface area (Å²) in [4.78, 5) is 11.6. The average molecular weight is 327 g/mol. The smallest absolute Gasteiger partial charge is 0.355 e. The summed E-state index contributed by atoms with van der Waals surface area (Å²) < 4.78 is 38.6. The number of rotatable bonds is 3. The Kier molecular flexibility index (Phi) is 3.32. The van der Waals surface area contributed by atoms with Crippen molar-refractivity contribution in [1.82, 2.24) is 0 Å². The minimum Gasteiger partial charge on any atom is -0.451 e. The van der Waals surface area contributed by atoms with Crippen molar-refractivity contribution in [2.75, 3.05) is 6.79 Å². The van der Waals surface area contributed by atoms with Gasteiger partial charge < -0.3 is 14.2 Å². The van der Waals surface area contributed by atoms with Crippen molar-refractivity contribution in [2.24, 2.45) is 5.14 Å². The van der Waals surface area contributed by atoms with Gasteiger partial charge in [-0.3, -0.25) is 0 Å². The van der Waals surface area contributed by atoms with Gasteiger partial charge in [0.15, 0.2) is 10.6 Å². The van der Waals surface area contributed by atoms with Crippen LogP contribution in [0.15, 0.2) is 35.2 Å². The molecule has 0 amide bonds. The van der Waals surface area contributed by atoms with E-state index in [9.17, 15) is 13.2 Å². The number of ether oxygens (including phenoxy) is 3. The van der Waals surface area contributed by atoms with Gasteiger partial charge in [0.25, 0.3) is 0 Å². The monoisotopic (exact) mass is 327 g/mol. The zero-order chi connectivity index (χ0) is 15.0. The number of hydrogen-bond acceptors (Lipinski definition) is 7. The largest absolute Gasteiger partial charge is 0.451 e. The number of fused-ring (bicyclic) bond motifs is 1. The number of para-hydroxylation sites is 1. The fourth-order valence-electron chi connectivity index (χ4n) is 1.78. The first-order chi connectivity index (χ1) is 9.97. The number of hydrogen-bond donors (Lipinski definition) is 1. The molecule has 2 N–H and O–H groups in total. The van der Waals surface area contributed by atoms with E-state index in [1.165, 1.54) is 0 Å². The molecule has 0 atom stereocenters. The number of carbonyl (C=O) groups is 1. The Bertz CT molecular complexity index is 797. The molecule has 1 aromatic carbocycles. The molecule has 2 aromatic rings. The van der Waals surface area contributed by atoms with Crippen LogP contribution in [-0.4, -0.2) is 21.2 Å². The lowest BCUT2D eigenvalue weighted by Gasteiger charge is -2.05. The van der Waals surface area contributed by atoms with Crippen LogP contribution in [0.4, 0.5) is 0 Å².